The molecule has 15 heavy (non-hydrogen) atoms. The SMILES string of the molecule is OC(c1ccncc1F)C1COCCO1. The van der Waals surface area contributed by atoms with Crippen LogP contribution in [0, 0.1) is 5.82 Å². The summed E-state index contributed by atoms with van der Waals surface area (Å²) in [5, 5.41) is 9.85. The average Bonchev–Trinajstić information content (AvgIpc) is 2.30. The number of aliphatic hydroxyl groups excluding tert-OH is 1. The lowest BCUT2D eigenvalue weighted by Gasteiger charge is -2.27. The third-order valence-electron chi connectivity index (χ3n) is 2.32. The first-order valence-corrected chi connectivity index (χ1v) is 4.76. The van der Waals surface area contributed by atoms with Crippen LogP contribution in [0.15, 0.2) is 18.5 Å². The van der Waals surface area contributed by atoms with Gasteiger partial charge in [0.15, 0.2) is 0 Å². The van der Waals surface area contributed by atoms with E-state index in [0.29, 0.717) is 13.2 Å². The fraction of sp³-hybridized carbons (Fsp3) is 0.500. The van der Waals surface area contributed by atoms with E-state index in [-0.39, 0.29) is 12.2 Å². The number of hydrogen-bond donors (Lipinski definition) is 1. The number of ether oxygens (including phenoxy) is 2. The number of nitrogens with zero attached hydrogens (tertiary/aromatic N) is 1. The van der Waals surface area contributed by atoms with Gasteiger partial charge in [-0.25, -0.2) is 4.39 Å². The Balaban J connectivity index is 2.12. The van der Waals surface area contributed by atoms with Crippen LogP contribution >= 0.6 is 0 Å². The second-order valence-corrected chi connectivity index (χ2v) is 3.33. The van der Waals surface area contributed by atoms with Crippen molar-refractivity contribution >= 4 is 0 Å². The number of halogens is 1. The Morgan fingerprint density at radius 1 is 1.53 bits per heavy atom. The highest BCUT2D eigenvalue weighted by Crippen LogP contribution is 2.22. The molecule has 0 amide bonds. The maximum absolute atomic E-state index is 13.3. The second-order valence-electron chi connectivity index (χ2n) is 3.33. The number of hydrogen-bond acceptors (Lipinski definition) is 4. The van der Waals surface area contributed by atoms with Crippen molar-refractivity contribution in [2.24, 2.45) is 0 Å². The lowest BCUT2D eigenvalue weighted by molar-refractivity contribution is -0.134. The van der Waals surface area contributed by atoms with Crippen LogP contribution in [-0.2, 0) is 9.47 Å². The van der Waals surface area contributed by atoms with Gasteiger partial charge in [-0.15, -0.1) is 0 Å². The monoisotopic (exact) mass is 213 g/mol. The predicted molar refractivity (Wildman–Crippen MR) is 49.7 cm³/mol. The maximum Gasteiger partial charge on any atom is 0.147 e. The Hall–Kier alpha value is -1.04. The number of rotatable bonds is 2. The number of pyridine rings is 1. The van der Waals surface area contributed by atoms with Gasteiger partial charge in [0.1, 0.15) is 18.0 Å². The molecule has 1 aromatic heterocycles. The molecule has 1 saturated heterocycles. The molecule has 1 fully saturated rings. The fourth-order valence-corrected chi connectivity index (χ4v) is 1.51. The quantitative estimate of drug-likeness (QED) is 0.784. The van der Waals surface area contributed by atoms with E-state index in [2.05, 4.69) is 4.98 Å². The summed E-state index contributed by atoms with van der Waals surface area (Å²) in [5.41, 5.74) is 0.195. The molecule has 0 radical (unpaired) electrons. The van der Waals surface area contributed by atoms with E-state index in [1.165, 1.54) is 12.3 Å². The first-order chi connectivity index (χ1) is 7.29. The molecular formula is C10H12FNO3. The van der Waals surface area contributed by atoms with Gasteiger partial charge in [0, 0.05) is 11.8 Å². The molecule has 0 spiro atoms. The second kappa shape index (κ2) is 4.65. The van der Waals surface area contributed by atoms with Crippen molar-refractivity contribution in [1.29, 1.82) is 0 Å². The Morgan fingerprint density at radius 3 is 3.07 bits per heavy atom. The topological polar surface area (TPSA) is 51.6 Å². The standard InChI is InChI=1S/C10H12FNO3/c11-8-5-12-2-1-7(8)10(13)9-6-14-3-4-15-9/h1-2,5,9-10,13H,3-4,6H2. The zero-order valence-corrected chi connectivity index (χ0v) is 8.10. The summed E-state index contributed by atoms with van der Waals surface area (Å²) in [6.07, 6.45) is 0.997. The molecule has 0 bridgehead atoms. The van der Waals surface area contributed by atoms with Crippen LogP contribution in [0.2, 0.25) is 0 Å². The van der Waals surface area contributed by atoms with Crippen molar-refractivity contribution in [3.63, 3.8) is 0 Å². The molecule has 1 aliphatic rings. The lowest BCUT2D eigenvalue weighted by Crippen LogP contribution is -2.34. The molecule has 1 aliphatic heterocycles. The number of aliphatic hydroxyl groups is 1. The first kappa shape index (κ1) is 10.5. The zero-order chi connectivity index (χ0) is 10.7. The average molecular weight is 213 g/mol. The molecule has 0 saturated carbocycles. The number of aromatic nitrogens is 1. The molecule has 1 N–H and O–H groups in total. The van der Waals surface area contributed by atoms with Crippen molar-refractivity contribution in [3.8, 4) is 0 Å². The van der Waals surface area contributed by atoms with Crippen LogP contribution < -0.4 is 0 Å². The minimum Gasteiger partial charge on any atom is -0.385 e. The Bertz CT molecular complexity index is 328. The van der Waals surface area contributed by atoms with Crippen LogP contribution in [0.25, 0.3) is 0 Å². The van der Waals surface area contributed by atoms with Gasteiger partial charge in [-0.05, 0) is 6.07 Å². The molecule has 4 nitrogen and oxygen atoms in total. The van der Waals surface area contributed by atoms with E-state index >= 15 is 0 Å². The molecule has 82 valence electrons. The minimum atomic E-state index is -1.01. The Labute approximate surface area is 86.7 Å². The van der Waals surface area contributed by atoms with Gasteiger partial charge < -0.3 is 14.6 Å². The molecule has 0 aliphatic carbocycles. The van der Waals surface area contributed by atoms with Gasteiger partial charge in [-0.2, -0.15) is 0 Å². The van der Waals surface area contributed by atoms with Gasteiger partial charge in [0.2, 0.25) is 0 Å². The van der Waals surface area contributed by atoms with E-state index in [0.717, 1.165) is 6.20 Å². The molecule has 1 aromatic rings. The van der Waals surface area contributed by atoms with E-state index in [1.807, 2.05) is 0 Å². The van der Waals surface area contributed by atoms with Crippen molar-refractivity contribution < 1.29 is 19.0 Å². The van der Waals surface area contributed by atoms with Gasteiger partial charge in [0.25, 0.3) is 0 Å². The van der Waals surface area contributed by atoms with Gasteiger partial charge in [-0.1, -0.05) is 0 Å². The van der Waals surface area contributed by atoms with Crippen LogP contribution in [0.4, 0.5) is 4.39 Å². The van der Waals surface area contributed by atoms with Crippen molar-refractivity contribution in [3.05, 3.63) is 29.8 Å². The summed E-state index contributed by atoms with van der Waals surface area (Å²) >= 11 is 0. The third kappa shape index (κ3) is 2.31. The van der Waals surface area contributed by atoms with E-state index in [9.17, 15) is 9.50 Å². The zero-order valence-electron chi connectivity index (χ0n) is 8.10. The Morgan fingerprint density at radius 2 is 2.40 bits per heavy atom. The summed E-state index contributed by atoms with van der Waals surface area (Å²) in [7, 11) is 0. The Kier molecular flexibility index (Phi) is 3.25. The van der Waals surface area contributed by atoms with E-state index in [4.69, 9.17) is 9.47 Å². The molecule has 2 atom stereocenters. The van der Waals surface area contributed by atoms with Crippen molar-refractivity contribution in [2.45, 2.75) is 12.2 Å². The summed E-state index contributed by atoms with van der Waals surface area (Å²) < 4.78 is 23.7. The van der Waals surface area contributed by atoms with Crippen molar-refractivity contribution in [2.75, 3.05) is 19.8 Å². The lowest BCUT2D eigenvalue weighted by atomic mass is 10.1. The van der Waals surface area contributed by atoms with E-state index < -0.39 is 18.0 Å². The van der Waals surface area contributed by atoms with E-state index in [1.54, 1.807) is 0 Å². The molecule has 5 heteroatoms. The van der Waals surface area contributed by atoms with Crippen LogP contribution in [0.3, 0.4) is 0 Å². The summed E-state index contributed by atoms with van der Waals surface area (Å²) in [5.74, 6) is -0.529. The maximum atomic E-state index is 13.3. The summed E-state index contributed by atoms with van der Waals surface area (Å²) in [6, 6.07) is 1.44. The van der Waals surface area contributed by atoms with Crippen LogP contribution in [0.1, 0.15) is 11.7 Å². The summed E-state index contributed by atoms with van der Waals surface area (Å²) in [6.45, 7) is 1.22. The smallest absolute Gasteiger partial charge is 0.147 e. The molecular weight excluding hydrogens is 201 g/mol. The van der Waals surface area contributed by atoms with Crippen LogP contribution in [0.5, 0.6) is 0 Å². The minimum absolute atomic E-state index is 0.195. The largest absolute Gasteiger partial charge is 0.385 e. The normalized spacial score (nSPS) is 23.7. The highest BCUT2D eigenvalue weighted by Gasteiger charge is 2.26. The highest BCUT2D eigenvalue weighted by atomic mass is 19.1. The van der Waals surface area contributed by atoms with Gasteiger partial charge >= 0.3 is 0 Å². The fourth-order valence-electron chi connectivity index (χ4n) is 1.51. The molecule has 2 unspecified atom stereocenters. The van der Waals surface area contributed by atoms with Gasteiger partial charge in [0.05, 0.1) is 26.0 Å². The van der Waals surface area contributed by atoms with Gasteiger partial charge in [-0.3, -0.25) is 4.98 Å². The molecule has 2 heterocycles. The predicted octanol–water partition coefficient (Wildman–Crippen LogP) is 0.669. The third-order valence-corrected chi connectivity index (χ3v) is 2.32. The van der Waals surface area contributed by atoms with Crippen LogP contribution in [-0.4, -0.2) is 36.0 Å². The molecule has 0 aromatic carbocycles. The van der Waals surface area contributed by atoms with Crippen molar-refractivity contribution in [1.82, 2.24) is 4.98 Å². The highest BCUT2D eigenvalue weighted by molar-refractivity contribution is 5.17. The summed E-state index contributed by atoms with van der Waals surface area (Å²) in [4.78, 5) is 3.61. The molecule has 2 rings (SSSR count). The first-order valence-electron chi connectivity index (χ1n) is 4.76.